The van der Waals surface area contributed by atoms with Crippen LogP contribution in [0.3, 0.4) is 0 Å². The number of ether oxygens (including phenoxy) is 2. The molecule has 12 heteroatoms. The summed E-state index contributed by atoms with van der Waals surface area (Å²) in [4.78, 5) is 13.2. The highest BCUT2D eigenvalue weighted by atomic mass is 16.7. The first kappa shape index (κ1) is 55.9. The molecule has 0 unspecified atom stereocenters. The van der Waals surface area contributed by atoms with Gasteiger partial charge in [-0.2, -0.15) is 5.10 Å². The zero-order valence-electron chi connectivity index (χ0n) is 40.0. The lowest BCUT2D eigenvalue weighted by molar-refractivity contribution is -0.303. The smallest absolute Gasteiger partial charge is 0.220 e. The Morgan fingerprint density at radius 3 is 1.73 bits per heavy atom. The Labute approximate surface area is 386 Å². The minimum atomic E-state index is -1.65. The summed E-state index contributed by atoms with van der Waals surface area (Å²) >= 11 is 0. The highest BCUT2D eigenvalue weighted by Crippen LogP contribution is 2.25. The van der Waals surface area contributed by atoms with Gasteiger partial charge in [0.25, 0.3) is 0 Å². The number of aliphatic hydroxyl groups is 6. The van der Waals surface area contributed by atoms with Crippen molar-refractivity contribution in [3.8, 4) is 0 Å². The van der Waals surface area contributed by atoms with Gasteiger partial charge in [0.2, 0.25) is 5.91 Å². The molecule has 0 aliphatic carbocycles. The molecular weight excluding hydrogens is 811 g/mol. The fourth-order valence-electron chi connectivity index (χ4n) is 8.76. The standard InChI is InChI=1S/C52H91N3O9/c1-3-4-5-6-7-8-9-10-11-12-13-14-15-16-17-18-19-20-21-22-23-24-28-31-46(57)54-44(40-63-52-51(62)50(61)49(60)45(39-56)64-52)48(59)47(58)43-37-53-55(38-43)36-29-26-25-27-30-42-34-32-41(2)33-35-42/h32-35,37-38,44-45,47-52,56,58-62H,3-31,36,39-40H2,1-2H3,(H,54,57)/t44-,45+,47+,48-,49-,50-,51+,52-/m0/s1. The molecule has 0 spiro atoms. The third kappa shape index (κ3) is 23.3. The van der Waals surface area contributed by atoms with Crippen LogP contribution < -0.4 is 5.32 Å². The van der Waals surface area contributed by atoms with Crippen molar-refractivity contribution in [3.63, 3.8) is 0 Å². The average molecular weight is 902 g/mol. The quantitative estimate of drug-likeness (QED) is 0.0319. The Hall–Kier alpha value is -2.42. The summed E-state index contributed by atoms with van der Waals surface area (Å²) < 4.78 is 13.0. The number of amides is 1. The van der Waals surface area contributed by atoms with Crippen LogP contribution in [0, 0.1) is 6.92 Å². The minimum Gasteiger partial charge on any atom is -0.394 e. The van der Waals surface area contributed by atoms with Crippen molar-refractivity contribution < 1.29 is 44.9 Å². The molecule has 64 heavy (non-hydrogen) atoms. The van der Waals surface area contributed by atoms with Crippen molar-refractivity contribution in [1.29, 1.82) is 0 Å². The van der Waals surface area contributed by atoms with Gasteiger partial charge in [-0.3, -0.25) is 9.48 Å². The van der Waals surface area contributed by atoms with Crippen LogP contribution in [0.1, 0.15) is 210 Å². The van der Waals surface area contributed by atoms with Gasteiger partial charge in [-0.15, -0.1) is 0 Å². The van der Waals surface area contributed by atoms with Crippen molar-refractivity contribution in [2.75, 3.05) is 13.2 Å². The molecule has 1 aliphatic rings. The topological polar surface area (TPSA) is 187 Å². The van der Waals surface area contributed by atoms with Crippen LogP contribution in [0.15, 0.2) is 36.7 Å². The van der Waals surface area contributed by atoms with Gasteiger partial charge in [0.05, 0.1) is 25.5 Å². The van der Waals surface area contributed by atoms with Gasteiger partial charge in [0.15, 0.2) is 6.29 Å². The first-order chi connectivity index (χ1) is 31.1. The number of aliphatic hydroxyl groups excluding tert-OH is 6. The monoisotopic (exact) mass is 902 g/mol. The second kappa shape index (κ2) is 34.8. The first-order valence-corrected chi connectivity index (χ1v) is 25.8. The summed E-state index contributed by atoms with van der Waals surface area (Å²) in [5.74, 6) is -0.310. The van der Waals surface area contributed by atoms with E-state index in [-0.39, 0.29) is 18.9 Å². The molecule has 7 N–H and O–H groups in total. The largest absolute Gasteiger partial charge is 0.394 e. The van der Waals surface area contributed by atoms with Crippen molar-refractivity contribution >= 4 is 5.91 Å². The summed E-state index contributed by atoms with van der Waals surface area (Å²) in [5.41, 5.74) is 2.99. The van der Waals surface area contributed by atoms with E-state index in [0.717, 1.165) is 51.4 Å². The minimum absolute atomic E-state index is 0.238. The SMILES string of the molecule is CCCCCCCCCCCCCCCCCCCCCCCCCC(=O)N[C@@H](CO[C@H]1O[C@H](CO)[C@H](O)[C@H](O)[C@H]1O)[C@H](O)[C@H](O)c1cnn(CCCCCCc2ccc(C)cc2)c1. The lowest BCUT2D eigenvalue weighted by Crippen LogP contribution is -2.60. The van der Waals surface area contributed by atoms with Crippen LogP contribution in [0.25, 0.3) is 0 Å². The molecule has 0 saturated carbocycles. The van der Waals surface area contributed by atoms with Gasteiger partial charge in [0.1, 0.15) is 36.6 Å². The highest BCUT2D eigenvalue weighted by Gasteiger charge is 2.44. The second-order valence-corrected chi connectivity index (χ2v) is 18.9. The molecule has 0 bridgehead atoms. The molecule has 1 amide bonds. The summed E-state index contributed by atoms with van der Waals surface area (Å²) in [6, 6.07) is 7.54. The van der Waals surface area contributed by atoms with Crippen molar-refractivity contribution in [3.05, 3.63) is 53.3 Å². The number of rotatable bonds is 39. The van der Waals surface area contributed by atoms with Crippen molar-refractivity contribution in [2.24, 2.45) is 0 Å². The van der Waals surface area contributed by atoms with E-state index in [1.165, 1.54) is 139 Å². The van der Waals surface area contributed by atoms with E-state index < -0.39 is 55.6 Å². The molecule has 0 radical (unpaired) electrons. The van der Waals surface area contributed by atoms with E-state index in [0.29, 0.717) is 18.5 Å². The van der Waals surface area contributed by atoms with Gasteiger partial charge >= 0.3 is 0 Å². The summed E-state index contributed by atoms with van der Waals surface area (Å²) in [6.45, 7) is 4.02. The van der Waals surface area contributed by atoms with Gasteiger partial charge in [-0.25, -0.2) is 0 Å². The molecular formula is C52H91N3O9. The van der Waals surface area contributed by atoms with E-state index in [9.17, 15) is 35.4 Å². The highest BCUT2D eigenvalue weighted by molar-refractivity contribution is 5.76. The fraction of sp³-hybridized carbons (Fsp3) is 0.808. The number of hydrogen-bond acceptors (Lipinski definition) is 10. The Morgan fingerprint density at radius 1 is 0.703 bits per heavy atom. The van der Waals surface area contributed by atoms with E-state index >= 15 is 0 Å². The summed E-state index contributed by atoms with van der Waals surface area (Å²) in [6.07, 6.45) is 28.0. The van der Waals surface area contributed by atoms with Gasteiger partial charge in [-0.05, 0) is 38.2 Å². The molecule has 1 fully saturated rings. The maximum atomic E-state index is 13.2. The van der Waals surface area contributed by atoms with Crippen LogP contribution in [-0.4, -0.2) is 102 Å². The maximum absolute atomic E-state index is 13.2. The number of carbonyl (C=O) groups is 1. The van der Waals surface area contributed by atoms with Crippen LogP contribution in [-0.2, 0) is 27.2 Å². The first-order valence-electron chi connectivity index (χ1n) is 25.8. The molecule has 1 saturated heterocycles. The second-order valence-electron chi connectivity index (χ2n) is 18.9. The normalized spacial score (nSPS) is 20.3. The molecule has 1 aromatic carbocycles. The predicted octanol–water partition coefficient (Wildman–Crippen LogP) is 9.07. The van der Waals surface area contributed by atoms with Crippen LogP contribution in [0.4, 0.5) is 0 Å². The van der Waals surface area contributed by atoms with Crippen molar-refractivity contribution in [2.45, 2.75) is 256 Å². The number of benzene rings is 1. The van der Waals surface area contributed by atoms with Gasteiger partial charge in [-0.1, -0.05) is 191 Å². The Balaban J connectivity index is 1.31. The maximum Gasteiger partial charge on any atom is 0.220 e. The van der Waals surface area contributed by atoms with Gasteiger partial charge in [0, 0.05) is 24.7 Å². The Morgan fingerprint density at radius 2 is 1.20 bits per heavy atom. The molecule has 2 aromatic rings. The lowest BCUT2D eigenvalue weighted by atomic mass is 9.99. The molecule has 1 aliphatic heterocycles. The number of hydrogen-bond donors (Lipinski definition) is 7. The molecule has 12 nitrogen and oxygen atoms in total. The fourth-order valence-corrected chi connectivity index (χ4v) is 8.76. The van der Waals surface area contributed by atoms with E-state index in [4.69, 9.17) is 9.47 Å². The summed E-state index contributed by atoms with van der Waals surface area (Å²) in [7, 11) is 0. The third-order valence-corrected chi connectivity index (χ3v) is 13.1. The number of nitrogens with one attached hydrogen (secondary N) is 1. The van der Waals surface area contributed by atoms with Crippen LogP contribution in [0.2, 0.25) is 0 Å². The average Bonchev–Trinajstić information content (AvgIpc) is 3.78. The molecule has 8 atom stereocenters. The van der Waals surface area contributed by atoms with Crippen LogP contribution in [0.5, 0.6) is 0 Å². The summed E-state index contributed by atoms with van der Waals surface area (Å²) in [5, 5.41) is 70.4. The number of unbranched alkanes of at least 4 members (excludes halogenated alkanes) is 25. The van der Waals surface area contributed by atoms with E-state index in [1.54, 1.807) is 10.9 Å². The van der Waals surface area contributed by atoms with E-state index in [2.05, 4.69) is 48.5 Å². The van der Waals surface area contributed by atoms with Crippen LogP contribution >= 0.6 is 0 Å². The molecule has 1 aromatic heterocycles. The zero-order valence-corrected chi connectivity index (χ0v) is 40.0. The Bertz CT molecular complexity index is 1430. The third-order valence-electron chi connectivity index (χ3n) is 13.1. The number of carbonyl (C=O) groups excluding carboxylic acids is 1. The number of nitrogens with zero attached hydrogens (tertiary/aromatic N) is 2. The van der Waals surface area contributed by atoms with Crippen molar-refractivity contribution in [1.82, 2.24) is 15.1 Å². The lowest BCUT2D eigenvalue weighted by Gasteiger charge is -2.40. The molecule has 368 valence electrons. The molecule has 3 rings (SSSR count). The van der Waals surface area contributed by atoms with E-state index in [1.807, 2.05) is 0 Å². The van der Waals surface area contributed by atoms with Gasteiger partial charge < -0.3 is 45.4 Å². The number of aryl methyl sites for hydroxylation is 3. The zero-order chi connectivity index (χ0) is 46.2. The Kier molecular flexibility index (Phi) is 30.4. The number of aromatic nitrogens is 2. The molecule has 2 heterocycles. The predicted molar refractivity (Wildman–Crippen MR) is 255 cm³/mol.